The van der Waals surface area contributed by atoms with Crippen LogP contribution in [0.4, 0.5) is 0 Å². The van der Waals surface area contributed by atoms with Crippen LogP contribution in [-0.4, -0.2) is 15.5 Å². The Balaban J connectivity index is 2.31. The van der Waals surface area contributed by atoms with Gasteiger partial charge in [-0.15, -0.1) is 0 Å². The van der Waals surface area contributed by atoms with Gasteiger partial charge >= 0.3 is 0 Å². The molecule has 0 spiro atoms. The van der Waals surface area contributed by atoms with E-state index in [0.29, 0.717) is 17.2 Å². The Morgan fingerprint density at radius 3 is 2.35 bits per heavy atom. The normalized spacial score (nSPS) is 12.9. The number of hydrogen-bond acceptors (Lipinski definition) is 3. The zero-order valence-corrected chi connectivity index (χ0v) is 15.0. The topological polar surface area (TPSA) is 55.4 Å². The summed E-state index contributed by atoms with van der Waals surface area (Å²) in [6, 6.07) is 11.2. The fourth-order valence-corrected chi connectivity index (χ4v) is 4.23. The lowest BCUT2D eigenvalue weighted by Gasteiger charge is -2.18. The fourth-order valence-electron chi connectivity index (χ4n) is 2.16. The van der Waals surface area contributed by atoms with E-state index < -0.39 is 10.0 Å². The van der Waals surface area contributed by atoms with E-state index in [-0.39, 0.29) is 16.0 Å². The van der Waals surface area contributed by atoms with Crippen molar-refractivity contribution < 1.29 is 13.2 Å². The van der Waals surface area contributed by atoms with E-state index in [1.54, 1.807) is 25.3 Å². The van der Waals surface area contributed by atoms with E-state index >= 15 is 0 Å². The molecule has 2 aromatic carbocycles. The van der Waals surface area contributed by atoms with Gasteiger partial charge in [0.05, 0.1) is 12.1 Å². The molecule has 23 heavy (non-hydrogen) atoms. The summed E-state index contributed by atoms with van der Waals surface area (Å²) in [5.74, 6) is 0.712. The van der Waals surface area contributed by atoms with Crippen molar-refractivity contribution in [1.82, 2.24) is 4.72 Å². The summed E-state index contributed by atoms with van der Waals surface area (Å²) in [6.07, 6.45) is 0.587. The molecule has 0 heterocycles. The van der Waals surface area contributed by atoms with E-state index in [2.05, 4.69) is 4.72 Å². The number of benzene rings is 2. The first-order valence-electron chi connectivity index (χ1n) is 6.98. The molecule has 2 rings (SSSR count). The van der Waals surface area contributed by atoms with Crippen LogP contribution in [0, 0.1) is 0 Å². The van der Waals surface area contributed by atoms with Crippen molar-refractivity contribution in [3.8, 4) is 5.75 Å². The number of halogens is 2. The van der Waals surface area contributed by atoms with Gasteiger partial charge in [0.25, 0.3) is 0 Å². The Hall–Kier alpha value is -1.27. The maximum absolute atomic E-state index is 12.6. The second-order valence-corrected chi connectivity index (χ2v) is 7.46. The standard InChI is InChI=1S/C16H17Cl2NO3S/c1-3-15(11-4-7-13(22-2)8-5-11)19-23(20,21)16-10-12(17)6-9-14(16)18/h4-10,15,19H,3H2,1-2H3. The van der Waals surface area contributed by atoms with Crippen LogP contribution in [0.25, 0.3) is 0 Å². The molecule has 1 unspecified atom stereocenters. The molecule has 0 bridgehead atoms. The third-order valence-electron chi connectivity index (χ3n) is 3.41. The highest BCUT2D eigenvalue weighted by molar-refractivity contribution is 7.89. The van der Waals surface area contributed by atoms with Gasteiger partial charge in [0.2, 0.25) is 10.0 Å². The van der Waals surface area contributed by atoms with Gasteiger partial charge in [0, 0.05) is 11.1 Å². The lowest BCUT2D eigenvalue weighted by molar-refractivity contribution is 0.414. The maximum Gasteiger partial charge on any atom is 0.242 e. The average Bonchev–Trinajstić information content (AvgIpc) is 2.55. The molecule has 1 N–H and O–H groups in total. The Labute approximate surface area is 146 Å². The second-order valence-electron chi connectivity index (χ2n) is 4.93. The third kappa shape index (κ3) is 4.38. The molecule has 0 radical (unpaired) electrons. The Morgan fingerprint density at radius 2 is 1.78 bits per heavy atom. The van der Waals surface area contributed by atoms with Gasteiger partial charge in [0.1, 0.15) is 10.6 Å². The van der Waals surface area contributed by atoms with Gasteiger partial charge in [-0.05, 0) is 42.3 Å². The van der Waals surface area contributed by atoms with Crippen molar-refractivity contribution >= 4 is 33.2 Å². The summed E-state index contributed by atoms with van der Waals surface area (Å²) in [6.45, 7) is 1.90. The number of hydrogen-bond donors (Lipinski definition) is 1. The molecular weight excluding hydrogens is 357 g/mol. The predicted molar refractivity (Wildman–Crippen MR) is 92.8 cm³/mol. The highest BCUT2D eigenvalue weighted by Gasteiger charge is 2.23. The summed E-state index contributed by atoms with van der Waals surface area (Å²) in [4.78, 5) is -0.0290. The quantitative estimate of drug-likeness (QED) is 0.814. The first-order valence-corrected chi connectivity index (χ1v) is 9.22. The second kappa shape index (κ2) is 7.53. The van der Waals surface area contributed by atoms with Gasteiger partial charge in [0.15, 0.2) is 0 Å². The molecular formula is C16H17Cl2NO3S. The lowest BCUT2D eigenvalue weighted by atomic mass is 10.1. The van der Waals surface area contributed by atoms with E-state index in [0.717, 1.165) is 5.56 Å². The smallest absolute Gasteiger partial charge is 0.242 e. The first kappa shape index (κ1) is 18.1. The predicted octanol–water partition coefficient (Wildman–Crippen LogP) is 4.43. The number of methoxy groups -OCH3 is 1. The molecule has 0 amide bonds. The number of rotatable bonds is 6. The maximum atomic E-state index is 12.6. The van der Waals surface area contributed by atoms with Crippen LogP contribution >= 0.6 is 23.2 Å². The highest BCUT2D eigenvalue weighted by Crippen LogP contribution is 2.28. The molecule has 0 fully saturated rings. The van der Waals surface area contributed by atoms with Gasteiger partial charge in [-0.2, -0.15) is 0 Å². The zero-order valence-electron chi connectivity index (χ0n) is 12.7. The summed E-state index contributed by atoms with van der Waals surface area (Å²) >= 11 is 11.9. The van der Waals surface area contributed by atoms with Crippen LogP contribution in [0.1, 0.15) is 24.9 Å². The first-order chi connectivity index (χ1) is 10.9. The number of sulfonamides is 1. The minimum absolute atomic E-state index is 0.0290. The fraction of sp³-hybridized carbons (Fsp3) is 0.250. The number of nitrogens with one attached hydrogen (secondary N) is 1. The summed E-state index contributed by atoms with van der Waals surface area (Å²) in [5, 5.41) is 0.443. The van der Waals surface area contributed by atoms with Crippen LogP contribution in [0.2, 0.25) is 10.0 Å². The van der Waals surface area contributed by atoms with E-state index in [1.807, 2.05) is 19.1 Å². The molecule has 0 aliphatic rings. The molecule has 0 saturated heterocycles. The summed E-state index contributed by atoms with van der Waals surface area (Å²) < 4.78 is 33.0. The monoisotopic (exact) mass is 373 g/mol. The molecule has 0 aromatic heterocycles. The van der Waals surface area contributed by atoms with Crippen molar-refractivity contribution in [2.24, 2.45) is 0 Å². The van der Waals surface area contributed by atoms with Gasteiger partial charge in [-0.1, -0.05) is 42.3 Å². The highest BCUT2D eigenvalue weighted by atomic mass is 35.5. The van der Waals surface area contributed by atoms with Gasteiger partial charge in [-0.25, -0.2) is 13.1 Å². The molecule has 0 aliphatic heterocycles. The molecule has 0 aliphatic carbocycles. The van der Waals surface area contributed by atoms with Crippen molar-refractivity contribution in [3.05, 3.63) is 58.1 Å². The number of ether oxygens (including phenoxy) is 1. The van der Waals surface area contributed by atoms with Gasteiger partial charge < -0.3 is 4.74 Å². The van der Waals surface area contributed by atoms with Crippen LogP contribution < -0.4 is 9.46 Å². The molecule has 1 atom stereocenters. The average molecular weight is 374 g/mol. The van der Waals surface area contributed by atoms with Crippen LogP contribution in [0.3, 0.4) is 0 Å². The van der Waals surface area contributed by atoms with Crippen molar-refractivity contribution in [1.29, 1.82) is 0 Å². The molecule has 0 saturated carbocycles. The molecule has 2 aromatic rings. The van der Waals surface area contributed by atoms with Crippen LogP contribution in [0.5, 0.6) is 5.75 Å². The Kier molecular flexibility index (Phi) is 5.92. The van der Waals surface area contributed by atoms with E-state index in [9.17, 15) is 8.42 Å². The van der Waals surface area contributed by atoms with E-state index in [4.69, 9.17) is 27.9 Å². The van der Waals surface area contributed by atoms with Crippen LogP contribution in [0.15, 0.2) is 47.4 Å². The molecule has 4 nitrogen and oxygen atoms in total. The summed E-state index contributed by atoms with van der Waals surface area (Å²) in [5.41, 5.74) is 0.843. The van der Waals surface area contributed by atoms with Gasteiger partial charge in [-0.3, -0.25) is 0 Å². The van der Waals surface area contributed by atoms with Crippen molar-refractivity contribution in [3.63, 3.8) is 0 Å². The Morgan fingerprint density at radius 1 is 1.13 bits per heavy atom. The third-order valence-corrected chi connectivity index (χ3v) is 5.59. The van der Waals surface area contributed by atoms with E-state index in [1.165, 1.54) is 12.1 Å². The minimum Gasteiger partial charge on any atom is -0.497 e. The minimum atomic E-state index is -3.79. The summed E-state index contributed by atoms with van der Waals surface area (Å²) in [7, 11) is -2.21. The SMILES string of the molecule is CCC(NS(=O)(=O)c1cc(Cl)ccc1Cl)c1ccc(OC)cc1. The molecule has 124 valence electrons. The Bertz CT molecular complexity index is 776. The molecule has 7 heteroatoms. The zero-order chi connectivity index (χ0) is 17.0. The van der Waals surface area contributed by atoms with Crippen LogP contribution in [-0.2, 0) is 10.0 Å². The van der Waals surface area contributed by atoms with Crippen molar-refractivity contribution in [2.45, 2.75) is 24.3 Å². The van der Waals surface area contributed by atoms with Crippen molar-refractivity contribution in [2.75, 3.05) is 7.11 Å². The lowest BCUT2D eigenvalue weighted by Crippen LogP contribution is -2.28. The largest absolute Gasteiger partial charge is 0.497 e.